The summed E-state index contributed by atoms with van der Waals surface area (Å²) in [5.41, 5.74) is 1.70. The van der Waals surface area contributed by atoms with E-state index in [1.807, 2.05) is 18.3 Å². The highest BCUT2D eigenvalue weighted by Crippen LogP contribution is 2.21. The van der Waals surface area contributed by atoms with Crippen molar-refractivity contribution in [1.29, 1.82) is 0 Å². The van der Waals surface area contributed by atoms with Crippen molar-refractivity contribution in [2.75, 3.05) is 43.4 Å². The standard InChI is InChI=1S/C19H20FN7/c1-26-8-10-27(11-9-26)14-5-6-17(22-12-14)24-19-23-13-15(20)18(25-19)16-4-2-3-7-21-16/h2-7,12-13H,8-11H2,1H3,(H,22,23,24,25). The van der Waals surface area contributed by atoms with Crippen LogP contribution in [0.1, 0.15) is 0 Å². The fraction of sp³-hybridized carbons (Fsp3) is 0.263. The Kier molecular flexibility index (Phi) is 4.88. The lowest BCUT2D eigenvalue weighted by Gasteiger charge is -2.33. The molecule has 4 rings (SSSR count). The molecule has 0 spiro atoms. The Morgan fingerprint density at radius 3 is 2.52 bits per heavy atom. The van der Waals surface area contributed by atoms with Gasteiger partial charge in [-0.2, -0.15) is 0 Å². The van der Waals surface area contributed by atoms with Gasteiger partial charge in [0.25, 0.3) is 0 Å². The smallest absolute Gasteiger partial charge is 0.229 e. The topological polar surface area (TPSA) is 70.1 Å². The normalized spacial score (nSPS) is 15.0. The molecule has 8 heteroatoms. The molecule has 1 saturated heterocycles. The molecule has 1 aliphatic heterocycles. The molecule has 0 saturated carbocycles. The molecular formula is C19H20FN7. The molecular weight excluding hydrogens is 345 g/mol. The van der Waals surface area contributed by atoms with Crippen molar-refractivity contribution in [3.05, 3.63) is 54.7 Å². The van der Waals surface area contributed by atoms with E-state index in [2.05, 4.69) is 42.1 Å². The van der Waals surface area contributed by atoms with Gasteiger partial charge in [-0.25, -0.2) is 19.3 Å². The van der Waals surface area contributed by atoms with Crippen LogP contribution in [0.2, 0.25) is 0 Å². The Morgan fingerprint density at radius 1 is 0.963 bits per heavy atom. The minimum Gasteiger partial charge on any atom is -0.368 e. The van der Waals surface area contributed by atoms with E-state index >= 15 is 0 Å². The van der Waals surface area contributed by atoms with E-state index in [9.17, 15) is 4.39 Å². The van der Waals surface area contributed by atoms with Crippen molar-refractivity contribution in [3.8, 4) is 11.4 Å². The first-order valence-corrected chi connectivity index (χ1v) is 8.79. The van der Waals surface area contributed by atoms with Gasteiger partial charge in [0.2, 0.25) is 5.95 Å². The largest absolute Gasteiger partial charge is 0.368 e. The molecule has 1 N–H and O–H groups in total. The zero-order valence-corrected chi connectivity index (χ0v) is 15.0. The molecule has 4 heterocycles. The van der Waals surface area contributed by atoms with E-state index in [0.29, 0.717) is 11.5 Å². The van der Waals surface area contributed by atoms with Crippen LogP contribution < -0.4 is 10.2 Å². The number of aromatic nitrogens is 4. The highest BCUT2D eigenvalue weighted by molar-refractivity contribution is 5.59. The van der Waals surface area contributed by atoms with Crippen molar-refractivity contribution in [3.63, 3.8) is 0 Å². The van der Waals surface area contributed by atoms with Crippen LogP contribution in [-0.4, -0.2) is 58.1 Å². The summed E-state index contributed by atoms with van der Waals surface area (Å²) in [5, 5.41) is 3.02. The number of piperazine rings is 1. The van der Waals surface area contributed by atoms with Crippen LogP contribution in [-0.2, 0) is 0 Å². The minimum absolute atomic E-state index is 0.155. The predicted molar refractivity (Wildman–Crippen MR) is 102 cm³/mol. The molecule has 0 radical (unpaired) electrons. The van der Waals surface area contributed by atoms with Crippen molar-refractivity contribution in [1.82, 2.24) is 24.8 Å². The van der Waals surface area contributed by atoms with Gasteiger partial charge in [0, 0.05) is 32.4 Å². The maximum atomic E-state index is 14.1. The van der Waals surface area contributed by atoms with Gasteiger partial charge in [-0.3, -0.25) is 4.98 Å². The van der Waals surface area contributed by atoms with Crippen LogP contribution in [0.25, 0.3) is 11.4 Å². The summed E-state index contributed by atoms with van der Waals surface area (Å²) in [4.78, 5) is 21.4. The maximum absolute atomic E-state index is 14.1. The van der Waals surface area contributed by atoms with Gasteiger partial charge in [-0.1, -0.05) is 6.07 Å². The average Bonchev–Trinajstić information content (AvgIpc) is 2.71. The quantitative estimate of drug-likeness (QED) is 0.762. The molecule has 0 aliphatic carbocycles. The number of anilines is 3. The van der Waals surface area contributed by atoms with E-state index in [1.165, 1.54) is 0 Å². The molecule has 0 atom stereocenters. The highest BCUT2D eigenvalue weighted by atomic mass is 19.1. The van der Waals surface area contributed by atoms with Crippen LogP contribution in [0.4, 0.5) is 21.8 Å². The monoisotopic (exact) mass is 365 g/mol. The molecule has 0 amide bonds. The zero-order chi connectivity index (χ0) is 18.6. The summed E-state index contributed by atoms with van der Waals surface area (Å²) in [6.45, 7) is 4.05. The van der Waals surface area contributed by atoms with Crippen LogP contribution in [0, 0.1) is 5.82 Å². The summed E-state index contributed by atoms with van der Waals surface area (Å²) in [5.74, 6) is 0.362. The Morgan fingerprint density at radius 2 is 1.81 bits per heavy atom. The van der Waals surface area contributed by atoms with E-state index in [4.69, 9.17) is 0 Å². The number of rotatable bonds is 4. The maximum Gasteiger partial charge on any atom is 0.229 e. The first-order valence-electron chi connectivity index (χ1n) is 8.79. The second-order valence-electron chi connectivity index (χ2n) is 6.42. The van der Waals surface area contributed by atoms with Crippen LogP contribution in [0.5, 0.6) is 0 Å². The molecule has 1 fully saturated rings. The van der Waals surface area contributed by atoms with Crippen molar-refractivity contribution >= 4 is 17.5 Å². The summed E-state index contributed by atoms with van der Waals surface area (Å²) in [7, 11) is 2.13. The number of nitrogens with one attached hydrogen (secondary N) is 1. The van der Waals surface area contributed by atoms with Crippen molar-refractivity contribution < 1.29 is 4.39 Å². The van der Waals surface area contributed by atoms with Gasteiger partial charge in [0.1, 0.15) is 11.5 Å². The molecule has 27 heavy (non-hydrogen) atoms. The summed E-state index contributed by atoms with van der Waals surface area (Å²) < 4.78 is 14.1. The molecule has 1 aliphatic rings. The molecule has 0 unspecified atom stereocenters. The van der Waals surface area contributed by atoms with Crippen LogP contribution in [0.15, 0.2) is 48.9 Å². The third-order valence-electron chi connectivity index (χ3n) is 4.51. The Bertz CT molecular complexity index is 894. The van der Waals surface area contributed by atoms with Gasteiger partial charge in [-0.05, 0) is 31.3 Å². The molecule has 3 aromatic rings. The van der Waals surface area contributed by atoms with Crippen molar-refractivity contribution in [2.24, 2.45) is 0 Å². The summed E-state index contributed by atoms with van der Waals surface area (Å²) in [6, 6.07) is 9.16. The fourth-order valence-electron chi connectivity index (χ4n) is 2.94. The lowest BCUT2D eigenvalue weighted by atomic mass is 10.2. The molecule has 3 aromatic heterocycles. The number of likely N-dealkylation sites (N-methyl/N-ethyl adjacent to an activating group) is 1. The first-order chi connectivity index (χ1) is 13.2. The third kappa shape index (κ3) is 4.01. The third-order valence-corrected chi connectivity index (χ3v) is 4.51. The Balaban J connectivity index is 1.49. The van der Waals surface area contributed by atoms with Crippen LogP contribution in [0.3, 0.4) is 0 Å². The van der Waals surface area contributed by atoms with Crippen LogP contribution >= 0.6 is 0 Å². The average molecular weight is 365 g/mol. The SMILES string of the molecule is CN1CCN(c2ccc(Nc3ncc(F)c(-c4ccccn4)n3)nc2)CC1. The minimum atomic E-state index is -0.516. The molecule has 138 valence electrons. The zero-order valence-electron chi connectivity index (χ0n) is 15.0. The van der Waals surface area contributed by atoms with E-state index in [0.717, 1.165) is 38.1 Å². The molecule has 7 nitrogen and oxygen atoms in total. The second kappa shape index (κ2) is 7.63. The van der Waals surface area contributed by atoms with Crippen molar-refractivity contribution in [2.45, 2.75) is 0 Å². The Hall–Kier alpha value is -3.13. The highest BCUT2D eigenvalue weighted by Gasteiger charge is 2.15. The van der Waals surface area contributed by atoms with Gasteiger partial charge < -0.3 is 15.1 Å². The predicted octanol–water partition coefficient (Wildman–Crippen LogP) is 2.57. The number of hydrogen-bond donors (Lipinski definition) is 1. The van der Waals surface area contributed by atoms with Gasteiger partial charge >= 0.3 is 0 Å². The number of hydrogen-bond acceptors (Lipinski definition) is 7. The molecule has 0 bridgehead atoms. The van der Waals surface area contributed by atoms with Gasteiger partial charge in [0.15, 0.2) is 5.82 Å². The van der Waals surface area contributed by atoms with E-state index in [1.54, 1.807) is 24.4 Å². The van der Waals surface area contributed by atoms with E-state index < -0.39 is 5.82 Å². The summed E-state index contributed by atoms with van der Waals surface area (Å²) in [6.07, 6.45) is 4.57. The number of nitrogens with zero attached hydrogens (tertiary/aromatic N) is 6. The second-order valence-corrected chi connectivity index (χ2v) is 6.42. The number of halogens is 1. The summed E-state index contributed by atoms with van der Waals surface area (Å²) >= 11 is 0. The first kappa shape index (κ1) is 17.3. The van der Waals surface area contributed by atoms with Gasteiger partial charge in [0.05, 0.1) is 23.8 Å². The number of pyridine rings is 2. The Labute approximate surface area is 156 Å². The lowest BCUT2D eigenvalue weighted by Crippen LogP contribution is -2.44. The lowest BCUT2D eigenvalue weighted by molar-refractivity contribution is 0.313. The fourth-order valence-corrected chi connectivity index (χ4v) is 2.94. The van der Waals surface area contributed by atoms with Gasteiger partial charge in [-0.15, -0.1) is 0 Å². The molecule has 0 aromatic carbocycles. The van der Waals surface area contributed by atoms with E-state index in [-0.39, 0.29) is 11.6 Å².